The molecule has 1 heterocycles. The summed E-state index contributed by atoms with van der Waals surface area (Å²) in [6.07, 6.45) is 2.65. The fraction of sp³-hybridized carbons (Fsp3) is 0.562. The predicted octanol–water partition coefficient (Wildman–Crippen LogP) is 3.83. The molecule has 0 atom stereocenters. The Labute approximate surface area is 129 Å². The highest BCUT2D eigenvalue weighted by atomic mass is 32.2. The molecule has 1 N–H and O–H groups in total. The van der Waals surface area contributed by atoms with Crippen molar-refractivity contribution in [1.29, 1.82) is 0 Å². The first-order chi connectivity index (χ1) is 9.99. The number of carboxylic acid groups (broad SMARTS) is 1. The van der Waals surface area contributed by atoms with Crippen molar-refractivity contribution >= 4 is 17.7 Å². The summed E-state index contributed by atoms with van der Waals surface area (Å²) in [4.78, 5) is 12.2. The van der Waals surface area contributed by atoms with E-state index in [1.165, 1.54) is 0 Å². The average molecular weight is 310 g/mol. The summed E-state index contributed by atoms with van der Waals surface area (Å²) in [5.74, 6) is 1.89. The first-order valence-corrected chi connectivity index (χ1v) is 8.23. The van der Waals surface area contributed by atoms with Crippen LogP contribution in [-0.2, 0) is 4.79 Å². The molecule has 0 saturated carbocycles. The molecule has 0 aromatic heterocycles. The number of ether oxygens (including phenoxy) is 2. The summed E-state index contributed by atoms with van der Waals surface area (Å²) in [6, 6.07) is 6.00. The van der Waals surface area contributed by atoms with Gasteiger partial charge in [0.25, 0.3) is 0 Å². The standard InChI is InChI=1S/C16H22O4S/c1-16(2,15(17)18)7-3-4-10-21-12-5-6-13-14(11-12)20-9-8-19-13/h5-6,11H,3-4,7-10H2,1-2H3,(H,17,18). The minimum absolute atomic E-state index is 0.603. The predicted molar refractivity (Wildman–Crippen MR) is 83.4 cm³/mol. The van der Waals surface area contributed by atoms with E-state index in [1.807, 2.05) is 18.2 Å². The largest absolute Gasteiger partial charge is 0.486 e. The van der Waals surface area contributed by atoms with E-state index in [2.05, 4.69) is 0 Å². The molecule has 0 saturated heterocycles. The van der Waals surface area contributed by atoms with Crippen LogP contribution >= 0.6 is 11.8 Å². The van der Waals surface area contributed by atoms with Gasteiger partial charge in [0, 0.05) is 4.90 Å². The van der Waals surface area contributed by atoms with Gasteiger partial charge in [-0.3, -0.25) is 4.79 Å². The van der Waals surface area contributed by atoms with Gasteiger partial charge in [-0.1, -0.05) is 6.42 Å². The highest BCUT2D eigenvalue weighted by Gasteiger charge is 2.25. The van der Waals surface area contributed by atoms with Crippen molar-refractivity contribution in [1.82, 2.24) is 0 Å². The second-order valence-corrected chi connectivity index (χ2v) is 6.97. The van der Waals surface area contributed by atoms with Crippen molar-refractivity contribution < 1.29 is 19.4 Å². The summed E-state index contributed by atoms with van der Waals surface area (Å²) < 4.78 is 11.1. The molecule has 1 aromatic rings. The van der Waals surface area contributed by atoms with E-state index in [1.54, 1.807) is 25.6 Å². The lowest BCUT2D eigenvalue weighted by Crippen LogP contribution is -2.23. The van der Waals surface area contributed by atoms with Crippen molar-refractivity contribution in [2.45, 2.75) is 38.0 Å². The topological polar surface area (TPSA) is 55.8 Å². The van der Waals surface area contributed by atoms with E-state index < -0.39 is 11.4 Å². The molecule has 116 valence electrons. The molecule has 0 radical (unpaired) electrons. The third kappa shape index (κ3) is 4.56. The van der Waals surface area contributed by atoms with Crippen molar-refractivity contribution in [3.63, 3.8) is 0 Å². The minimum atomic E-state index is -0.720. The Morgan fingerprint density at radius 3 is 2.67 bits per heavy atom. The Bertz CT molecular complexity index is 499. The second-order valence-electron chi connectivity index (χ2n) is 5.80. The fourth-order valence-electron chi connectivity index (χ4n) is 2.08. The van der Waals surface area contributed by atoms with Crippen LogP contribution < -0.4 is 9.47 Å². The van der Waals surface area contributed by atoms with Crippen LogP contribution in [-0.4, -0.2) is 30.0 Å². The maximum absolute atomic E-state index is 11.0. The van der Waals surface area contributed by atoms with Gasteiger partial charge in [0.05, 0.1) is 5.41 Å². The van der Waals surface area contributed by atoms with Crippen LogP contribution in [0.1, 0.15) is 33.1 Å². The molecular formula is C16H22O4S. The minimum Gasteiger partial charge on any atom is -0.486 e. The van der Waals surface area contributed by atoms with Gasteiger partial charge in [-0.25, -0.2) is 0 Å². The number of thioether (sulfide) groups is 1. The zero-order valence-electron chi connectivity index (χ0n) is 12.6. The summed E-state index contributed by atoms with van der Waals surface area (Å²) >= 11 is 1.77. The van der Waals surface area contributed by atoms with Crippen LogP contribution in [0.25, 0.3) is 0 Å². The number of unbranched alkanes of at least 4 members (excludes halogenated alkanes) is 1. The lowest BCUT2D eigenvalue weighted by molar-refractivity contribution is -0.147. The molecule has 1 aliphatic heterocycles. The van der Waals surface area contributed by atoms with Crippen LogP contribution in [0.5, 0.6) is 11.5 Å². The molecular weight excluding hydrogens is 288 g/mol. The van der Waals surface area contributed by atoms with Gasteiger partial charge in [0.15, 0.2) is 11.5 Å². The molecule has 0 aliphatic carbocycles. The number of carbonyl (C=O) groups is 1. The molecule has 0 bridgehead atoms. The maximum Gasteiger partial charge on any atom is 0.309 e. The Hall–Kier alpha value is -1.36. The van der Waals surface area contributed by atoms with E-state index in [4.69, 9.17) is 14.6 Å². The third-order valence-corrected chi connectivity index (χ3v) is 4.64. The highest BCUT2D eigenvalue weighted by molar-refractivity contribution is 7.99. The number of aliphatic carboxylic acids is 1. The van der Waals surface area contributed by atoms with Crippen LogP contribution in [0.4, 0.5) is 0 Å². The molecule has 21 heavy (non-hydrogen) atoms. The van der Waals surface area contributed by atoms with E-state index >= 15 is 0 Å². The summed E-state index contributed by atoms with van der Waals surface area (Å²) in [6.45, 7) is 4.77. The van der Waals surface area contributed by atoms with Crippen LogP contribution in [0, 0.1) is 5.41 Å². The van der Waals surface area contributed by atoms with Gasteiger partial charge >= 0.3 is 5.97 Å². The SMILES string of the molecule is CC(C)(CCCCSc1ccc2c(c1)OCCO2)C(=O)O. The van der Waals surface area contributed by atoms with Crippen molar-refractivity contribution in [3.05, 3.63) is 18.2 Å². The second kappa shape index (κ2) is 7.07. The lowest BCUT2D eigenvalue weighted by Gasteiger charge is -2.19. The first-order valence-electron chi connectivity index (χ1n) is 7.25. The molecule has 0 spiro atoms. The molecule has 4 nitrogen and oxygen atoms in total. The van der Waals surface area contributed by atoms with Gasteiger partial charge in [-0.2, -0.15) is 0 Å². The van der Waals surface area contributed by atoms with Gasteiger partial charge in [0.2, 0.25) is 0 Å². The fourth-order valence-corrected chi connectivity index (χ4v) is 3.02. The van der Waals surface area contributed by atoms with E-state index in [9.17, 15) is 4.79 Å². The van der Waals surface area contributed by atoms with Gasteiger partial charge < -0.3 is 14.6 Å². The number of benzene rings is 1. The molecule has 0 unspecified atom stereocenters. The van der Waals surface area contributed by atoms with E-state index in [0.29, 0.717) is 19.6 Å². The normalized spacial score (nSPS) is 14.0. The zero-order chi connectivity index (χ0) is 15.3. The number of hydrogen-bond donors (Lipinski definition) is 1. The highest BCUT2D eigenvalue weighted by Crippen LogP contribution is 2.34. The molecule has 0 amide bonds. The lowest BCUT2D eigenvalue weighted by atomic mass is 9.88. The smallest absolute Gasteiger partial charge is 0.309 e. The molecule has 5 heteroatoms. The molecule has 2 rings (SSSR count). The van der Waals surface area contributed by atoms with Crippen LogP contribution in [0.2, 0.25) is 0 Å². The third-order valence-electron chi connectivity index (χ3n) is 3.56. The Balaban J connectivity index is 1.73. The molecule has 1 aromatic carbocycles. The number of carboxylic acids is 1. The summed E-state index contributed by atoms with van der Waals surface area (Å²) in [5, 5.41) is 9.06. The summed E-state index contributed by atoms with van der Waals surface area (Å²) in [7, 11) is 0. The maximum atomic E-state index is 11.0. The van der Waals surface area contributed by atoms with E-state index in [0.717, 1.165) is 35.0 Å². The van der Waals surface area contributed by atoms with Crippen molar-refractivity contribution in [2.75, 3.05) is 19.0 Å². The zero-order valence-corrected chi connectivity index (χ0v) is 13.4. The van der Waals surface area contributed by atoms with Crippen LogP contribution in [0.15, 0.2) is 23.1 Å². The average Bonchev–Trinajstić information content (AvgIpc) is 2.46. The number of rotatable bonds is 7. The Kier molecular flexibility index (Phi) is 5.39. The Morgan fingerprint density at radius 2 is 1.95 bits per heavy atom. The van der Waals surface area contributed by atoms with Crippen molar-refractivity contribution in [3.8, 4) is 11.5 Å². The van der Waals surface area contributed by atoms with E-state index in [-0.39, 0.29) is 0 Å². The molecule has 0 fully saturated rings. The number of hydrogen-bond acceptors (Lipinski definition) is 4. The van der Waals surface area contributed by atoms with Gasteiger partial charge in [0.1, 0.15) is 13.2 Å². The monoisotopic (exact) mass is 310 g/mol. The van der Waals surface area contributed by atoms with Crippen LogP contribution in [0.3, 0.4) is 0 Å². The van der Waals surface area contributed by atoms with Gasteiger partial charge in [-0.15, -0.1) is 11.8 Å². The summed E-state index contributed by atoms with van der Waals surface area (Å²) in [5.41, 5.74) is -0.623. The Morgan fingerprint density at radius 1 is 1.24 bits per heavy atom. The quantitative estimate of drug-likeness (QED) is 0.612. The van der Waals surface area contributed by atoms with Gasteiger partial charge in [-0.05, 0) is 50.6 Å². The number of fused-ring (bicyclic) bond motifs is 1. The first kappa shape index (κ1) is 16.0. The van der Waals surface area contributed by atoms with Crippen molar-refractivity contribution in [2.24, 2.45) is 5.41 Å². The molecule has 1 aliphatic rings.